The fourth-order valence-electron chi connectivity index (χ4n) is 0.999. The van der Waals surface area contributed by atoms with E-state index in [0.29, 0.717) is 0 Å². The number of rotatable bonds is 5. The predicted molar refractivity (Wildman–Crippen MR) is 47.0 cm³/mol. The first-order chi connectivity index (χ1) is 4.81. The summed E-state index contributed by atoms with van der Waals surface area (Å²) in [6, 6.07) is 0. The molecule has 0 heterocycles. The standard InChI is InChI=1S/C9H19N/c1-3-6-9(2)7-4-5-8-10/h6H,3-5,7-8,10H2,1-2H3. The molecule has 0 aromatic rings. The second kappa shape index (κ2) is 6.81. The summed E-state index contributed by atoms with van der Waals surface area (Å²) in [4.78, 5) is 0. The highest BCUT2D eigenvalue weighted by molar-refractivity contribution is 4.96. The minimum atomic E-state index is 0.833. The molecule has 0 bridgehead atoms. The summed E-state index contributed by atoms with van der Waals surface area (Å²) in [5.74, 6) is 0. The largest absolute Gasteiger partial charge is 0.330 e. The highest BCUT2D eigenvalue weighted by Crippen LogP contribution is 2.05. The molecule has 0 amide bonds. The quantitative estimate of drug-likeness (QED) is 0.462. The molecule has 0 aromatic heterocycles. The van der Waals surface area contributed by atoms with Gasteiger partial charge in [0.1, 0.15) is 0 Å². The van der Waals surface area contributed by atoms with Crippen LogP contribution in [0, 0.1) is 0 Å². The number of hydrogen-bond donors (Lipinski definition) is 1. The van der Waals surface area contributed by atoms with Crippen LogP contribution in [0.2, 0.25) is 0 Å². The van der Waals surface area contributed by atoms with Crippen LogP contribution in [0.25, 0.3) is 0 Å². The molecule has 60 valence electrons. The Morgan fingerprint density at radius 2 is 2.10 bits per heavy atom. The van der Waals surface area contributed by atoms with Crippen molar-refractivity contribution in [1.82, 2.24) is 0 Å². The molecule has 0 aromatic carbocycles. The number of nitrogens with two attached hydrogens (primary N) is 1. The predicted octanol–water partition coefficient (Wildman–Crippen LogP) is 2.47. The maximum atomic E-state index is 5.37. The minimum absolute atomic E-state index is 0.833. The summed E-state index contributed by atoms with van der Waals surface area (Å²) in [6.07, 6.45) is 7.09. The average molecular weight is 141 g/mol. The lowest BCUT2D eigenvalue weighted by Gasteiger charge is -1.98. The molecule has 0 saturated heterocycles. The van der Waals surface area contributed by atoms with E-state index in [-0.39, 0.29) is 0 Å². The normalized spacial score (nSPS) is 12.1. The van der Waals surface area contributed by atoms with Gasteiger partial charge in [-0.25, -0.2) is 0 Å². The van der Waals surface area contributed by atoms with E-state index in [2.05, 4.69) is 19.9 Å². The third-order valence-electron chi connectivity index (χ3n) is 1.58. The topological polar surface area (TPSA) is 26.0 Å². The maximum Gasteiger partial charge on any atom is -0.00772 e. The fraction of sp³-hybridized carbons (Fsp3) is 0.778. The van der Waals surface area contributed by atoms with Gasteiger partial charge in [0.25, 0.3) is 0 Å². The van der Waals surface area contributed by atoms with Gasteiger partial charge in [-0.3, -0.25) is 0 Å². The van der Waals surface area contributed by atoms with Crippen molar-refractivity contribution in [2.45, 2.75) is 39.5 Å². The highest BCUT2D eigenvalue weighted by Gasteiger charge is 1.87. The van der Waals surface area contributed by atoms with Gasteiger partial charge in [-0.1, -0.05) is 18.6 Å². The Morgan fingerprint density at radius 3 is 2.60 bits per heavy atom. The number of allylic oxidation sites excluding steroid dienone is 2. The Balaban J connectivity index is 3.21. The lowest BCUT2D eigenvalue weighted by atomic mass is 10.1. The van der Waals surface area contributed by atoms with Gasteiger partial charge < -0.3 is 5.73 Å². The van der Waals surface area contributed by atoms with E-state index in [4.69, 9.17) is 5.73 Å². The zero-order valence-corrected chi connectivity index (χ0v) is 7.19. The fourth-order valence-corrected chi connectivity index (χ4v) is 0.999. The van der Waals surface area contributed by atoms with Crippen LogP contribution in [-0.4, -0.2) is 6.54 Å². The molecule has 0 unspecified atom stereocenters. The van der Waals surface area contributed by atoms with Crippen molar-refractivity contribution in [3.63, 3.8) is 0 Å². The van der Waals surface area contributed by atoms with Crippen LogP contribution in [0.1, 0.15) is 39.5 Å². The molecule has 10 heavy (non-hydrogen) atoms. The van der Waals surface area contributed by atoms with Gasteiger partial charge in [-0.05, 0) is 39.2 Å². The molecule has 1 nitrogen and oxygen atoms in total. The van der Waals surface area contributed by atoms with Crippen LogP contribution in [0.3, 0.4) is 0 Å². The summed E-state index contributed by atoms with van der Waals surface area (Å²) in [6.45, 7) is 5.20. The Labute approximate surface area is 64.3 Å². The van der Waals surface area contributed by atoms with Crippen molar-refractivity contribution >= 4 is 0 Å². The van der Waals surface area contributed by atoms with E-state index < -0.39 is 0 Å². The van der Waals surface area contributed by atoms with Crippen molar-refractivity contribution in [2.24, 2.45) is 5.73 Å². The molecule has 0 saturated carbocycles. The first kappa shape index (κ1) is 9.70. The van der Waals surface area contributed by atoms with Crippen molar-refractivity contribution < 1.29 is 0 Å². The molecule has 0 fully saturated rings. The molecular weight excluding hydrogens is 122 g/mol. The van der Waals surface area contributed by atoms with E-state index in [1.807, 2.05) is 0 Å². The van der Waals surface area contributed by atoms with E-state index in [0.717, 1.165) is 19.4 Å². The number of unbranched alkanes of at least 4 members (excludes halogenated alkanes) is 1. The highest BCUT2D eigenvalue weighted by atomic mass is 14.5. The first-order valence-corrected chi connectivity index (χ1v) is 4.17. The Bertz CT molecular complexity index is 94.9. The van der Waals surface area contributed by atoms with E-state index in [1.54, 1.807) is 0 Å². The zero-order chi connectivity index (χ0) is 7.82. The summed E-state index contributed by atoms with van der Waals surface area (Å²) < 4.78 is 0. The minimum Gasteiger partial charge on any atom is -0.330 e. The molecule has 0 aliphatic heterocycles. The Kier molecular flexibility index (Phi) is 6.61. The molecule has 1 heteroatoms. The van der Waals surface area contributed by atoms with Gasteiger partial charge >= 0.3 is 0 Å². The smallest absolute Gasteiger partial charge is 0.00772 e. The molecule has 0 aliphatic carbocycles. The lowest BCUT2D eigenvalue weighted by Crippen LogP contribution is -1.97. The Morgan fingerprint density at radius 1 is 1.40 bits per heavy atom. The van der Waals surface area contributed by atoms with E-state index >= 15 is 0 Å². The lowest BCUT2D eigenvalue weighted by molar-refractivity contribution is 0.737. The second-order valence-corrected chi connectivity index (χ2v) is 2.70. The SMILES string of the molecule is CCC=C(C)CCCCN. The van der Waals surface area contributed by atoms with Crippen LogP contribution in [0.5, 0.6) is 0 Å². The van der Waals surface area contributed by atoms with Gasteiger partial charge in [0.15, 0.2) is 0 Å². The van der Waals surface area contributed by atoms with Gasteiger partial charge in [-0.15, -0.1) is 0 Å². The molecule has 0 atom stereocenters. The molecule has 0 aliphatic rings. The average Bonchev–Trinajstić information content (AvgIpc) is 1.89. The van der Waals surface area contributed by atoms with Gasteiger partial charge in [0, 0.05) is 0 Å². The molecule has 0 radical (unpaired) electrons. The third-order valence-corrected chi connectivity index (χ3v) is 1.58. The summed E-state index contributed by atoms with van der Waals surface area (Å²) in [5, 5.41) is 0. The monoisotopic (exact) mass is 141 g/mol. The van der Waals surface area contributed by atoms with Crippen LogP contribution in [0.15, 0.2) is 11.6 Å². The number of hydrogen-bond acceptors (Lipinski definition) is 1. The van der Waals surface area contributed by atoms with E-state index in [9.17, 15) is 0 Å². The molecular formula is C9H19N. The first-order valence-electron chi connectivity index (χ1n) is 4.17. The van der Waals surface area contributed by atoms with Crippen molar-refractivity contribution in [1.29, 1.82) is 0 Å². The van der Waals surface area contributed by atoms with Crippen molar-refractivity contribution in [3.05, 3.63) is 11.6 Å². The van der Waals surface area contributed by atoms with Crippen LogP contribution < -0.4 is 5.73 Å². The molecule has 2 N–H and O–H groups in total. The summed E-state index contributed by atoms with van der Waals surface area (Å²) in [5.41, 5.74) is 6.88. The van der Waals surface area contributed by atoms with Gasteiger partial charge in [0.2, 0.25) is 0 Å². The van der Waals surface area contributed by atoms with Crippen LogP contribution in [0.4, 0.5) is 0 Å². The summed E-state index contributed by atoms with van der Waals surface area (Å²) >= 11 is 0. The van der Waals surface area contributed by atoms with Crippen LogP contribution >= 0.6 is 0 Å². The Hall–Kier alpha value is -0.300. The molecule has 0 spiro atoms. The maximum absolute atomic E-state index is 5.37. The second-order valence-electron chi connectivity index (χ2n) is 2.70. The van der Waals surface area contributed by atoms with Crippen molar-refractivity contribution in [2.75, 3.05) is 6.54 Å². The van der Waals surface area contributed by atoms with Gasteiger partial charge in [-0.2, -0.15) is 0 Å². The van der Waals surface area contributed by atoms with Gasteiger partial charge in [0.05, 0.1) is 0 Å². The molecule has 0 rings (SSSR count). The third kappa shape index (κ3) is 5.83. The zero-order valence-electron chi connectivity index (χ0n) is 7.19. The van der Waals surface area contributed by atoms with Crippen LogP contribution in [-0.2, 0) is 0 Å². The van der Waals surface area contributed by atoms with E-state index in [1.165, 1.54) is 18.4 Å². The summed E-state index contributed by atoms with van der Waals surface area (Å²) in [7, 11) is 0. The van der Waals surface area contributed by atoms with Crippen molar-refractivity contribution in [3.8, 4) is 0 Å².